The summed E-state index contributed by atoms with van der Waals surface area (Å²) in [6, 6.07) is 0.267. The highest BCUT2D eigenvalue weighted by Gasteiger charge is 2.14. The molecule has 2 unspecified atom stereocenters. The molecule has 5 nitrogen and oxygen atoms in total. The van der Waals surface area contributed by atoms with Gasteiger partial charge in [0.05, 0.1) is 12.2 Å². The SMILES string of the molecule is CCOc1ncnc(NC(C)C(C)CN)c1C. The molecular weight excluding hydrogens is 216 g/mol. The number of ether oxygens (including phenoxy) is 1. The molecule has 0 aromatic carbocycles. The topological polar surface area (TPSA) is 73.1 Å². The van der Waals surface area contributed by atoms with Crippen molar-refractivity contribution < 1.29 is 4.74 Å². The van der Waals surface area contributed by atoms with Crippen molar-refractivity contribution in [1.29, 1.82) is 0 Å². The average Bonchev–Trinajstić information content (AvgIpc) is 2.33. The molecule has 1 aromatic rings. The quantitative estimate of drug-likeness (QED) is 0.787. The van der Waals surface area contributed by atoms with Gasteiger partial charge >= 0.3 is 0 Å². The lowest BCUT2D eigenvalue weighted by molar-refractivity contribution is 0.323. The first-order valence-electron chi connectivity index (χ1n) is 6.01. The molecule has 2 atom stereocenters. The van der Waals surface area contributed by atoms with Gasteiger partial charge in [-0.1, -0.05) is 6.92 Å². The Kier molecular flexibility index (Phi) is 5.15. The Labute approximate surface area is 103 Å². The maximum absolute atomic E-state index is 5.64. The van der Waals surface area contributed by atoms with Crippen LogP contribution in [0.3, 0.4) is 0 Å². The van der Waals surface area contributed by atoms with Crippen molar-refractivity contribution in [2.45, 2.75) is 33.7 Å². The van der Waals surface area contributed by atoms with Crippen LogP contribution in [0, 0.1) is 12.8 Å². The minimum absolute atomic E-state index is 0.267. The van der Waals surface area contributed by atoms with E-state index in [-0.39, 0.29) is 6.04 Å². The zero-order chi connectivity index (χ0) is 12.8. The van der Waals surface area contributed by atoms with Gasteiger partial charge in [-0.3, -0.25) is 0 Å². The zero-order valence-electron chi connectivity index (χ0n) is 11.0. The van der Waals surface area contributed by atoms with Gasteiger partial charge in [0, 0.05) is 6.04 Å². The van der Waals surface area contributed by atoms with Gasteiger partial charge in [-0.05, 0) is 33.2 Å². The summed E-state index contributed by atoms with van der Waals surface area (Å²) in [5, 5.41) is 3.35. The fourth-order valence-electron chi connectivity index (χ4n) is 1.42. The predicted octanol–water partition coefficient (Wildman–Crippen LogP) is 1.58. The van der Waals surface area contributed by atoms with Crippen molar-refractivity contribution in [2.75, 3.05) is 18.5 Å². The predicted molar refractivity (Wildman–Crippen MR) is 69.2 cm³/mol. The number of anilines is 1. The molecule has 0 aliphatic rings. The van der Waals surface area contributed by atoms with Crippen molar-refractivity contribution in [1.82, 2.24) is 9.97 Å². The fourth-order valence-corrected chi connectivity index (χ4v) is 1.42. The van der Waals surface area contributed by atoms with E-state index in [0.717, 1.165) is 11.4 Å². The number of rotatable bonds is 6. The molecule has 5 heteroatoms. The molecule has 0 saturated carbocycles. The molecule has 1 aromatic heterocycles. The third-order valence-corrected chi connectivity index (χ3v) is 2.91. The summed E-state index contributed by atoms with van der Waals surface area (Å²) in [4.78, 5) is 8.34. The number of nitrogens with two attached hydrogens (primary N) is 1. The van der Waals surface area contributed by atoms with Crippen molar-refractivity contribution in [3.05, 3.63) is 11.9 Å². The molecule has 0 aliphatic heterocycles. The lowest BCUT2D eigenvalue weighted by Crippen LogP contribution is -2.30. The molecule has 0 bridgehead atoms. The molecule has 0 amide bonds. The summed E-state index contributed by atoms with van der Waals surface area (Å²) in [7, 11) is 0. The Hall–Kier alpha value is -1.36. The van der Waals surface area contributed by atoms with E-state index in [1.807, 2.05) is 13.8 Å². The molecule has 96 valence electrons. The van der Waals surface area contributed by atoms with Crippen LogP contribution in [0.1, 0.15) is 26.3 Å². The second-order valence-electron chi connectivity index (χ2n) is 4.23. The summed E-state index contributed by atoms with van der Waals surface area (Å²) in [6.07, 6.45) is 1.51. The molecule has 17 heavy (non-hydrogen) atoms. The van der Waals surface area contributed by atoms with Crippen molar-refractivity contribution in [2.24, 2.45) is 11.7 Å². The van der Waals surface area contributed by atoms with Gasteiger partial charge in [0.15, 0.2) is 0 Å². The Morgan fingerprint density at radius 2 is 2.12 bits per heavy atom. The van der Waals surface area contributed by atoms with E-state index >= 15 is 0 Å². The molecule has 0 radical (unpaired) electrons. The molecule has 0 spiro atoms. The standard InChI is InChI=1S/C12H22N4O/c1-5-17-12-9(3)11(14-7-15-12)16-10(4)8(2)6-13/h7-8,10H,5-6,13H2,1-4H3,(H,14,15,16). The third-order valence-electron chi connectivity index (χ3n) is 2.91. The van der Waals surface area contributed by atoms with Gasteiger partial charge < -0.3 is 15.8 Å². The van der Waals surface area contributed by atoms with Crippen LogP contribution in [0.5, 0.6) is 5.88 Å². The minimum Gasteiger partial charge on any atom is -0.478 e. The normalized spacial score (nSPS) is 14.2. The highest BCUT2D eigenvalue weighted by Crippen LogP contribution is 2.21. The van der Waals surface area contributed by atoms with Gasteiger partial charge in [-0.25, -0.2) is 9.97 Å². The summed E-state index contributed by atoms with van der Waals surface area (Å²) in [5.41, 5.74) is 6.58. The second-order valence-corrected chi connectivity index (χ2v) is 4.23. The van der Waals surface area contributed by atoms with E-state index in [4.69, 9.17) is 10.5 Å². The summed E-state index contributed by atoms with van der Waals surface area (Å²) < 4.78 is 5.43. The smallest absolute Gasteiger partial charge is 0.221 e. The number of hydrogen-bond donors (Lipinski definition) is 2. The lowest BCUT2D eigenvalue weighted by Gasteiger charge is -2.21. The van der Waals surface area contributed by atoms with E-state index in [2.05, 4.69) is 29.1 Å². The van der Waals surface area contributed by atoms with E-state index in [9.17, 15) is 0 Å². The van der Waals surface area contributed by atoms with Gasteiger partial charge in [-0.2, -0.15) is 0 Å². The van der Waals surface area contributed by atoms with Gasteiger partial charge in [-0.15, -0.1) is 0 Å². The van der Waals surface area contributed by atoms with Crippen LogP contribution >= 0.6 is 0 Å². The molecule has 1 heterocycles. The first-order chi connectivity index (χ1) is 8.10. The van der Waals surface area contributed by atoms with Crippen LogP contribution in [-0.2, 0) is 0 Å². The number of nitrogens with one attached hydrogen (secondary N) is 1. The van der Waals surface area contributed by atoms with Crippen LogP contribution in [0.4, 0.5) is 5.82 Å². The molecule has 0 fully saturated rings. The van der Waals surface area contributed by atoms with Gasteiger partial charge in [0.1, 0.15) is 12.1 Å². The fraction of sp³-hybridized carbons (Fsp3) is 0.667. The number of hydrogen-bond acceptors (Lipinski definition) is 5. The third kappa shape index (κ3) is 3.56. The molecule has 0 saturated heterocycles. The molecule has 0 aliphatic carbocycles. The van der Waals surface area contributed by atoms with E-state index in [1.54, 1.807) is 0 Å². The zero-order valence-corrected chi connectivity index (χ0v) is 11.0. The van der Waals surface area contributed by atoms with Crippen LogP contribution in [0.2, 0.25) is 0 Å². The average molecular weight is 238 g/mol. The molecule has 3 N–H and O–H groups in total. The number of aromatic nitrogens is 2. The highest BCUT2D eigenvalue weighted by molar-refractivity contribution is 5.48. The second kappa shape index (κ2) is 6.39. The van der Waals surface area contributed by atoms with Crippen LogP contribution in [0.25, 0.3) is 0 Å². The van der Waals surface area contributed by atoms with Crippen LogP contribution in [-0.4, -0.2) is 29.2 Å². The van der Waals surface area contributed by atoms with E-state index < -0.39 is 0 Å². The lowest BCUT2D eigenvalue weighted by atomic mass is 10.0. The minimum atomic E-state index is 0.267. The largest absolute Gasteiger partial charge is 0.478 e. The molecular formula is C12H22N4O. The van der Waals surface area contributed by atoms with Crippen molar-refractivity contribution in [3.8, 4) is 5.88 Å². The van der Waals surface area contributed by atoms with Crippen LogP contribution < -0.4 is 15.8 Å². The Bertz CT molecular complexity index is 356. The Morgan fingerprint density at radius 1 is 1.41 bits per heavy atom. The summed E-state index contributed by atoms with van der Waals surface area (Å²) in [6.45, 7) is 9.35. The Balaban J connectivity index is 2.80. The van der Waals surface area contributed by atoms with Crippen molar-refractivity contribution in [3.63, 3.8) is 0 Å². The Morgan fingerprint density at radius 3 is 2.71 bits per heavy atom. The first kappa shape index (κ1) is 13.7. The van der Waals surface area contributed by atoms with Crippen molar-refractivity contribution >= 4 is 5.82 Å². The number of nitrogens with zero attached hydrogens (tertiary/aromatic N) is 2. The van der Waals surface area contributed by atoms with Gasteiger partial charge in [0.2, 0.25) is 5.88 Å². The summed E-state index contributed by atoms with van der Waals surface area (Å²) in [5.74, 6) is 1.84. The molecule has 1 rings (SSSR count). The maximum atomic E-state index is 5.64. The van der Waals surface area contributed by atoms with Crippen LogP contribution in [0.15, 0.2) is 6.33 Å². The summed E-state index contributed by atoms with van der Waals surface area (Å²) >= 11 is 0. The monoisotopic (exact) mass is 238 g/mol. The van der Waals surface area contributed by atoms with E-state index in [0.29, 0.717) is 24.9 Å². The highest BCUT2D eigenvalue weighted by atomic mass is 16.5. The maximum Gasteiger partial charge on any atom is 0.221 e. The first-order valence-corrected chi connectivity index (χ1v) is 6.01. The van der Waals surface area contributed by atoms with Gasteiger partial charge in [0.25, 0.3) is 0 Å². The van der Waals surface area contributed by atoms with E-state index in [1.165, 1.54) is 6.33 Å².